The molecule has 0 radical (unpaired) electrons. The molecule has 52 heavy (non-hydrogen) atoms. The molecule has 0 aliphatic heterocycles. The van der Waals surface area contributed by atoms with Crippen molar-refractivity contribution in [3.63, 3.8) is 0 Å². The molecule has 0 bridgehead atoms. The van der Waals surface area contributed by atoms with Gasteiger partial charge in [0.25, 0.3) is 0 Å². The van der Waals surface area contributed by atoms with Crippen LogP contribution >= 0.6 is 0 Å². The Morgan fingerprint density at radius 2 is 1.10 bits per heavy atom. The molecule has 11 rings (SSSR count). The molecule has 0 spiro atoms. The zero-order chi connectivity index (χ0) is 34.2. The number of benzene rings is 8. The molecule has 3 heterocycles. The molecule has 0 fully saturated rings. The number of fused-ring (bicyclic) bond motifs is 9. The summed E-state index contributed by atoms with van der Waals surface area (Å²) < 4.78 is 15.1. The van der Waals surface area contributed by atoms with Crippen LogP contribution in [0.2, 0.25) is 0 Å². The van der Waals surface area contributed by atoms with Gasteiger partial charge in [0, 0.05) is 61.0 Å². The summed E-state index contributed by atoms with van der Waals surface area (Å²) in [5, 5.41) is 6.68. The number of furan rings is 1. The van der Waals surface area contributed by atoms with Gasteiger partial charge in [0.2, 0.25) is 5.89 Å². The Labute approximate surface area is 298 Å². The fourth-order valence-electron chi connectivity index (χ4n) is 7.87. The second-order valence-electron chi connectivity index (χ2n) is 13.2. The highest BCUT2D eigenvalue weighted by molar-refractivity contribution is 6.14. The largest absolute Gasteiger partial charge is 0.456 e. The smallest absolute Gasteiger partial charge is 0.227 e. The predicted molar refractivity (Wildman–Crippen MR) is 213 cm³/mol. The summed E-state index contributed by atoms with van der Waals surface area (Å²) in [6.07, 6.45) is 0. The van der Waals surface area contributed by atoms with E-state index in [1.165, 1.54) is 16.3 Å². The summed E-state index contributed by atoms with van der Waals surface area (Å²) in [4.78, 5) is 7.37. The number of aromatic nitrogens is 2. The van der Waals surface area contributed by atoms with Gasteiger partial charge in [-0.05, 0) is 84.9 Å². The van der Waals surface area contributed by atoms with Crippen molar-refractivity contribution in [3.05, 3.63) is 176 Å². The van der Waals surface area contributed by atoms with Crippen molar-refractivity contribution in [3.8, 4) is 17.1 Å². The average molecular weight is 668 g/mol. The van der Waals surface area contributed by atoms with E-state index in [0.717, 1.165) is 77.6 Å². The van der Waals surface area contributed by atoms with Crippen LogP contribution in [0.25, 0.3) is 82.8 Å². The van der Waals surface area contributed by atoms with Crippen LogP contribution in [0.3, 0.4) is 0 Å². The second kappa shape index (κ2) is 11.2. The van der Waals surface area contributed by atoms with E-state index in [4.69, 9.17) is 13.8 Å². The van der Waals surface area contributed by atoms with E-state index in [2.05, 4.69) is 137 Å². The number of nitrogens with zero attached hydrogens (tertiary/aromatic N) is 3. The van der Waals surface area contributed by atoms with Gasteiger partial charge >= 0.3 is 0 Å². The molecule has 0 amide bonds. The van der Waals surface area contributed by atoms with Gasteiger partial charge in [-0.1, -0.05) is 84.9 Å². The van der Waals surface area contributed by atoms with Gasteiger partial charge in [0.1, 0.15) is 16.7 Å². The van der Waals surface area contributed by atoms with Crippen molar-refractivity contribution >= 4 is 82.7 Å². The van der Waals surface area contributed by atoms with Gasteiger partial charge in [0.15, 0.2) is 5.58 Å². The number of anilines is 3. The molecular weight excluding hydrogens is 639 g/mol. The maximum Gasteiger partial charge on any atom is 0.227 e. The molecule has 0 unspecified atom stereocenters. The summed E-state index contributed by atoms with van der Waals surface area (Å²) in [6.45, 7) is 0. The van der Waals surface area contributed by atoms with Crippen LogP contribution in [0.5, 0.6) is 0 Å². The zero-order valence-electron chi connectivity index (χ0n) is 27.9. The van der Waals surface area contributed by atoms with Gasteiger partial charge in [0.05, 0.1) is 16.7 Å². The molecule has 8 aromatic carbocycles. The van der Waals surface area contributed by atoms with Crippen LogP contribution in [0.1, 0.15) is 0 Å². The van der Waals surface area contributed by atoms with E-state index in [1.807, 2.05) is 48.5 Å². The first-order chi connectivity index (χ1) is 25.8. The molecule has 0 aliphatic rings. The lowest BCUT2D eigenvalue weighted by atomic mass is 10.0. The fourth-order valence-corrected chi connectivity index (χ4v) is 7.87. The fraction of sp³-hybridized carbons (Fsp3) is 0. The lowest BCUT2D eigenvalue weighted by molar-refractivity contribution is 0.620. The summed E-state index contributed by atoms with van der Waals surface area (Å²) in [7, 11) is 0. The first kappa shape index (κ1) is 28.7. The number of rotatable bonds is 5. The van der Waals surface area contributed by atoms with Crippen molar-refractivity contribution in [2.45, 2.75) is 0 Å². The van der Waals surface area contributed by atoms with Gasteiger partial charge < -0.3 is 18.3 Å². The van der Waals surface area contributed by atoms with Crippen molar-refractivity contribution < 1.29 is 8.83 Å². The minimum Gasteiger partial charge on any atom is -0.456 e. The van der Waals surface area contributed by atoms with E-state index in [9.17, 15) is 0 Å². The highest BCUT2D eigenvalue weighted by Gasteiger charge is 2.21. The number of oxazole rings is 1. The van der Waals surface area contributed by atoms with E-state index < -0.39 is 0 Å². The molecule has 0 saturated heterocycles. The van der Waals surface area contributed by atoms with Gasteiger partial charge in [-0.3, -0.25) is 0 Å². The van der Waals surface area contributed by atoms with Crippen LogP contribution in [0.15, 0.2) is 185 Å². The van der Waals surface area contributed by atoms with Crippen LogP contribution in [0.4, 0.5) is 17.1 Å². The summed E-state index contributed by atoms with van der Waals surface area (Å²) in [5.41, 5.74) is 10.8. The Kier molecular flexibility index (Phi) is 6.18. The molecule has 5 nitrogen and oxygen atoms in total. The van der Waals surface area contributed by atoms with E-state index in [1.54, 1.807) is 0 Å². The lowest BCUT2D eigenvalue weighted by Crippen LogP contribution is -2.10. The molecular formula is C47H29N3O2. The first-order valence-corrected chi connectivity index (χ1v) is 17.5. The first-order valence-electron chi connectivity index (χ1n) is 17.5. The van der Waals surface area contributed by atoms with Crippen LogP contribution < -0.4 is 4.90 Å². The molecule has 0 saturated carbocycles. The maximum atomic E-state index is 6.43. The lowest BCUT2D eigenvalue weighted by Gasteiger charge is -2.27. The van der Waals surface area contributed by atoms with E-state index in [-0.39, 0.29) is 0 Å². The van der Waals surface area contributed by atoms with Gasteiger partial charge in [-0.25, -0.2) is 4.98 Å². The van der Waals surface area contributed by atoms with Gasteiger partial charge in [-0.15, -0.1) is 0 Å². The SMILES string of the molecule is c1ccc(-c2nc3c(ccc4c(N(c5ccc6c(c5)oc5ccccc56)c5ccc6c(c5)c5ccccc5n6-c5ccccc5)cccc43)o2)cc1. The quantitative estimate of drug-likeness (QED) is 0.183. The monoisotopic (exact) mass is 667 g/mol. The normalized spacial score (nSPS) is 11.8. The summed E-state index contributed by atoms with van der Waals surface area (Å²) in [6, 6.07) is 61.5. The molecule has 11 aromatic rings. The number of hydrogen-bond donors (Lipinski definition) is 0. The molecule has 0 atom stereocenters. The van der Waals surface area contributed by atoms with Crippen LogP contribution in [-0.4, -0.2) is 9.55 Å². The Morgan fingerprint density at radius 1 is 0.423 bits per heavy atom. The Balaban J connectivity index is 1.17. The molecule has 0 N–H and O–H groups in total. The van der Waals surface area contributed by atoms with Crippen molar-refractivity contribution in [2.75, 3.05) is 4.90 Å². The zero-order valence-corrected chi connectivity index (χ0v) is 27.9. The third kappa shape index (κ3) is 4.33. The van der Waals surface area contributed by atoms with E-state index >= 15 is 0 Å². The molecule has 3 aromatic heterocycles. The minimum absolute atomic E-state index is 0.612. The minimum atomic E-state index is 0.612. The van der Waals surface area contributed by atoms with E-state index in [0.29, 0.717) is 5.89 Å². The molecule has 244 valence electrons. The number of hydrogen-bond acceptors (Lipinski definition) is 4. The second-order valence-corrected chi connectivity index (χ2v) is 13.2. The Bertz CT molecular complexity index is 3140. The van der Waals surface area contributed by atoms with Gasteiger partial charge in [-0.2, -0.15) is 0 Å². The molecule has 5 heteroatoms. The van der Waals surface area contributed by atoms with Crippen molar-refractivity contribution in [1.82, 2.24) is 9.55 Å². The Morgan fingerprint density at radius 3 is 1.98 bits per heavy atom. The molecule has 0 aliphatic carbocycles. The third-order valence-corrected chi connectivity index (χ3v) is 10.2. The maximum absolute atomic E-state index is 6.43. The van der Waals surface area contributed by atoms with Crippen molar-refractivity contribution in [2.24, 2.45) is 0 Å². The average Bonchev–Trinajstić information content (AvgIpc) is 3.91. The third-order valence-electron chi connectivity index (χ3n) is 10.2. The standard InChI is InChI=1S/C47H29N3O2/c1-3-12-30(13-4-1)47-48-46-38-18-11-20-40(35(38)25-27-44(46)52-47)49(33-22-24-37-36-17-8-10-21-43(36)51-45(37)29-33)32-23-26-42-39(28-32)34-16-7-9-19-41(34)50(42)31-14-5-2-6-15-31/h1-29H. The highest BCUT2D eigenvalue weighted by Crippen LogP contribution is 2.44. The number of para-hydroxylation sites is 3. The van der Waals surface area contributed by atoms with Crippen LogP contribution in [-0.2, 0) is 0 Å². The summed E-state index contributed by atoms with van der Waals surface area (Å²) >= 11 is 0. The van der Waals surface area contributed by atoms with Crippen LogP contribution in [0, 0.1) is 0 Å². The Hall–Kier alpha value is -7.11. The predicted octanol–water partition coefficient (Wildman–Crippen LogP) is 13.1. The topological polar surface area (TPSA) is 47.3 Å². The summed E-state index contributed by atoms with van der Waals surface area (Å²) in [5.74, 6) is 0.612. The highest BCUT2D eigenvalue weighted by atomic mass is 16.3. The van der Waals surface area contributed by atoms with Crippen molar-refractivity contribution in [1.29, 1.82) is 0 Å².